The minimum atomic E-state index is -0.516. The van der Waals surface area contributed by atoms with Gasteiger partial charge in [0.25, 0.3) is 0 Å². The van der Waals surface area contributed by atoms with Crippen LogP contribution in [0.25, 0.3) is 0 Å². The highest BCUT2D eigenvalue weighted by atomic mass is 16.5. The van der Waals surface area contributed by atoms with E-state index in [2.05, 4.69) is 84.2 Å². The minimum Gasteiger partial charge on any atom is -0.379 e. The number of piperazine rings is 2. The molecule has 0 saturated carbocycles. The molecule has 0 spiro atoms. The molecule has 242 valence electrons. The van der Waals surface area contributed by atoms with Gasteiger partial charge in [-0.25, -0.2) is 0 Å². The van der Waals surface area contributed by atoms with E-state index in [-0.39, 0.29) is 24.4 Å². The number of hydrogen-bond acceptors (Lipinski definition) is 12. The predicted octanol–water partition coefficient (Wildman–Crippen LogP) is -2.56. The van der Waals surface area contributed by atoms with Gasteiger partial charge >= 0.3 is 0 Å². The van der Waals surface area contributed by atoms with Gasteiger partial charge < -0.3 is 25.2 Å². The van der Waals surface area contributed by atoms with Crippen molar-refractivity contribution in [3.8, 4) is 0 Å². The molecule has 0 radical (unpaired) electrons. The molecule has 13 nitrogen and oxygen atoms in total. The first-order valence-electron chi connectivity index (χ1n) is 16.5. The second-order valence-electron chi connectivity index (χ2n) is 13.1. The number of hydrogen-bond donors (Lipinski definition) is 5. The zero-order valence-corrected chi connectivity index (χ0v) is 26.7. The summed E-state index contributed by atoms with van der Waals surface area (Å²) < 4.78 is 5.88. The fourth-order valence-corrected chi connectivity index (χ4v) is 7.78. The molecule has 5 N–H and O–H groups in total. The van der Waals surface area contributed by atoms with E-state index < -0.39 is 5.79 Å². The van der Waals surface area contributed by atoms with E-state index in [1.54, 1.807) is 0 Å². The summed E-state index contributed by atoms with van der Waals surface area (Å²) >= 11 is 0. The molecule has 5 aliphatic rings. The number of likely N-dealkylation sites (N-methyl/N-ethyl adjacent to an activating group) is 1. The lowest BCUT2D eigenvalue weighted by atomic mass is 9.96. The number of amides is 1. The van der Waals surface area contributed by atoms with Crippen LogP contribution in [0, 0.1) is 0 Å². The summed E-state index contributed by atoms with van der Waals surface area (Å²) in [5.41, 5.74) is 0. The Hall–Kier alpha value is -0.970. The molecule has 5 unspecified atom stereocenters. The van der Waals surface area contributed by atoms with Gasteiger partial charge in [-0.2, -0.15) is 0 Å². The van der Waals surface area contributed by atoms with E-state index in [4.69, 9.17) is 4.74 Å². The average molecular weight is 594 g/mol. The highest BCUT2D eigenvalue weighted by Gasteiger charge is 2.58. The van der Waals surface area contributed by atoms with Crippen molar-refractivity contribution in [3.05, 3.63) is 0 Å². The van der Waals surface area contributed by atoms with Crippen molar-refractivity contribution in [1.29, 1.82) is 0 Å². The standard InChI is InChI=1S/C29H59N11O2/c1-35(2)24-7-8-30-25(21-24)40-16-11-33-28(34-22-26(36(3)4)31-9-14-37-12-5-6-13-37)29(40,38-17-19-42-20-18-38)39-15-10-32-27(41)23-39/h24-26,28,30-31,33-34H,5-23H2,1-4H3,(H,32,41). The highest BCUT2D eigenvalue weighted by Crippen LogP contribution is 2.35. The molecule has 5 atom stereocenters. The van der Waals surface area contributed by atoms with E-state index in [0.717, 1.165) is 71.7 Å². The molecular formula is C29H59N11O2. The van der Waals surface area contributed by atoms with Crippen molar-refractivity contribution in [2.75, 3.05) is 126 Å². The smallest absolute Gasteiger partial charge is 0.234 e. The first kappa shape index (κ1) is 32.4. The molecule has 5 heterocycles. The van der Waals surface area contributed by atoms with Gasteiger partial charge in [-0.1, -0.05) is 0 Å². The van der Waals surface area contributed by atoms with Gasteiger partial charge in [-0.15, -0.1) is 0 Å². The number of morpholine rings is 1. The Balaban J connectivity index is 1.41. The molecule has 1 amide bonds. The van der Waals surface area contributed by atoms with Gasteiger partial charge in [0.2, 0.25) is 5.91 Å². The van der Waals surface area contributed by atoms with E-state index in [0.29, 0.717) is 32.3 Å². The van der Waals surface area contributed by atoms with Crippen molar-refractivity contribution in [3.63, 3.8) is 0 Å². The maximum atomic E-state index is 13.0. The number of nitrogens with zero attached hydrogens (tertiary/aromatic N) is 6. The van der Waals surface area contributed by atoms with Crippen LogP contribution in [0.3, 0.4) is 0 Å². The van der Waals surface area contributed by atoms with Crippen molar-refractivity contribution in [1.82, 2.24) is 56.0 Å². The molecule has 5 rings (SSSR count). The van der Waals surface area contributed by atoms with Crippen LogP contribution in [0.4, 0.5) is 0 Å². The fourth-order valence-electron chi connectivity index (χ4n) is 7.78. The Morgan fingerprint density at radius 2 is 1.76 bits per heavy atom. The van der Waals surface area contributed by atoms with Crippen molar-refractivity contribution >= 4 is 5.91 Å². The maximum absolute atomic E-state index is 13.0. The molecule has 5 saturated heterocycles. The minimum absolute atomic E-state index is 0.0559. The van der Waals surface area contributed by atoms with Crippen LogP contribution in [-0.4, -0.2) is 192 Å². The summed E-state index contributed by atoms with van der Waals surface area (Å²) in [7, 11) is 8.73. The van der Waals surface area contributed by atoms with Gasteiger partial charge in [-0.3, -0.25) is 40.3 Å². The molecule has 0 aromatic heterocycles. The maximum Gasteiger partial charge on any atom is 0.234 e. The molecule has 13 heteroatoms. The summed E-state index contributed by atoms with van der Waals surface area (Å²) in [4.78, 5) is 27.9. The van der Waals surface area contributed by atoms with Gasteiger partial charge in [0.05, 0.1) is 32.1 Å². The van der Waals surface area contributed by atoms with Gasteiger partial charge in [0.15, 0.2) is 5.79 Å². The second kappa shape index (κ2) is 15.3. The lowest BCUT2D eigenvalue weighted by Crippen LogP contribution is -2.87. The number of nitrogens with one attached hydrogen (secondary N) is 5. The average Bonchev–Trinajstić information content (AvgIpc) is 3.52. The van der Waals surface area contributed by atoms with E-state index in [1.807, 2.05) is 0 Å². The van der Waals surface area contributed by atoms with Crippen LogP contribution < -0.4 is 26.6 Å². The molecule has 5 aliphatic heterocycles. The third-order valence-corrected chi connectivity index (χ3v) is 10.1. The predicted molar refractivity (Wildman–Crippen MR) is 166 cm³/mol. The van der Waals surface area contributed by atoms with Crippen LogP contribution in [0.2, 0.25) is 0 Å². The summed E-state index contributed by atoms with van der Waals surface area (Å²) in [6.07, 6.45) is 5.22. The quantitative estimate of drug-likeness (QED) is 0.154. The van der Waals surface area contributed by atoms with Crippen LogP contribution in [0.1, 0.15) is 25.7 Å². The van der Waals surface area contributed by atoms with Crippen LogP contribution in [0.15, 0.2) is 0 Å². The molecule has 0 bridgehead atoms. The SMILES string of the molecule is CN(C)C1CCNC(N2CCNC(NCC(NCCN3CCCC3)N(C)C)C2(N2CCOCC2)N2CCNC(=O)C2)C1. The summed E-state index contributed by atoms with van der Waals surface area (Å²) in [6.45, 7) is 13.1. The first-order valence-corrected chi connectivity index (χ1v) is 16.5. The third kappa shape index (κ3) is 7.45. The topological polar surface area (TPSA) is 106 Å². The molecular weight excluding hydrogens is 534 g/mol. The zero-order chi connectivity index (χ0) is 29.5. The lowest BCUT2D eigenvalue weighted by molar-refractivity contribution is -0.243. The number of likely N-dealkylation sites (tertiary alicyclic amines) is 1. The summed E-state index contributed by atoms with van der Waals surface area (Å²) in [6, 6.07) is 0.530. The van der Waals surface area contributed by atoms with Crippen molar-refractivity contribution in [2.24, 2.45) is 0 Å². The Kier molecular flexibility index (Phi) is 11.8. The Bertz CT molecular complexity index is 838. The van der Waals surface area contributed by atoms with Crippen molar-refractivity contribution in [2.45, 2.75) is 56.0 Å². The lowest BCUT2D eigenvalue weighted by Gasteiger charge is -2.65. The van der Waals surface area contributed by atoms with E-state index in [1.165, 1.54) is 25.9 Å². The van der Waals surface area contributed by atoms with E-state index >= 15 is 0 Å². The number of carbonyl (C=O) groups excluding carboxylic acids is 1. The monoisotopic (exact) mass is 593 g/mol. The molecule has 42 heavy (non-hydrogen) atoms. The summed E-state index contributed by atoms with van der Waals surface area (Å²) in [5, 5.41) is 18.8. The fraction of sp³-hybridized carbons (Fsp3) is 0.966. The second-order valence-corrected chi connectivity index (χ2v) is 13.1. The van der Waals surface area contributed by atoms with Gasteiger partial charge in [0.1, 0.15) is 6.17 Å². The van der Waals surface area contributed by atoms with Crippen LogP contribution >= 0.6 is 0 Å². The van der Waals surface area contributed by atoms with Crippen LogP contribution in [0.5, 0.6) is 0 Å². The zero-order valence-electron chi connectivity index (χ0n) is 26.7. The Morgan fingerprint density at radius 3 is 2.48 bits per heavy atom. The molecule has 0 aromatic rings. The normalized spacial score (nSPS) is 33.9. The summed E-state index contributed by atoms with van der Waals surface area (Å²) in [5.74, 6) is -0.409. The number of rotatable bonds is 12. The number of carbonyl (C=O) groups is 1. The third-order valence-electron chi connectivity index (χ3n) is 10.1. The molecule has 0 aromatic carbocycles. The molecule has 5 fully saturated rings. The first-order chi connectivity index (χ1) is 20.4. The van der Waals surface area contributed by atoms with Gasteiger partial charge in [-0.05, 0) is 73.5 Å². The largest absolute Gasteiger partial charge is 0.379 e. The van der Waals surface area contributed by atoms with E-state index in [9.17, 15) is 4.79 Å². The molecule has 0 aliphatic carbocycles. The highest BCUT2D eigenvalue weighted by molar-refractivity contribution is 5.78. The van der Waals surface area contributed by atoms with Gasteiger partial charge in [0, 0.05) is 64.9 Å². The number of piperidine rings is 1. The number of ether oxygens (including phenoxy) is 1. The Labute approximate surface area is 254 Å². The van der Waals surface area contributed by atoms with Crippen molar-refractivity contribution < 1.29 is 9.53 Å². The van der Waals surface area contributed by atoms with Crippen LogP contribution in [-0.2, 0) is 9.53 Å². The Morgan fingerprint density at radius 1 is 0.976 bits per heavy atom.